The first-order chi connectivity index (χ1) is 11.9. The molecule has 0 aromatic heterocycles. The fourth-order valence-corrected chi connectivity index (χ4v) is 2.97. The molecule has 2 rings (SSSR count). The molecule has 0 radical (unpaired) electrons. The lowest BCUT2D eigenvalue weighted by molar-refractivity contribution is -0.191. The van der Waals surface area contributed by atoms with Crippen LogP contribution in [0.1, 0.15) is 19.3 Å². The molecule has 142 valence electrons. The van der Waals surface area contributed by atoms with Crippen molar-refractivity contribution in [2.24, 2.45) is 10.8 Å². The number of hydrogen-bond acceptors (Lipinski definition) is 7. The fraction of sp³-hybridized carbons (Fsp3) is 0.333. The summed E-state index contributed by atoms with van der Waals surface area (Å²) >= 11 is 0. The zero-order valence-corrected chi connectivity index (χ0v) is 13.1. The first kappa shape index (κ1) is 20.5. The molecule has 7 N–H and O–H groups in total. The SMILES string of the molecule is O=C(O)C1(C(=O)O)CCCC1(C(=O)O)C(=O)O.Oc1cc(O)cc(O)c1. The molecule has 1 fully saturated rings. The van der Waals surface area contributed by atoms with E-state index in [0.29, 0.717) is 0 Å². The molecular weight excluding hydrogens is 356 g/mol. The highest BCUT2D eigenvalue weighted by Gasteiger charge is 2.73. The normalized spacial score (nSPS) is 16.8. The summed E-state index contributed by atoms with van der Waals surface area (Å²) in [5.41, 5.74) is -5.63. The summed E-state index contributed by atoms with van der Waals surface area (Å²) in [6.07, 6.45) is -1.12. The van der Waals surface area contributed by atoms with Crippen LogP contribution in [0.4, 0.5) is 0 Å². The Kier molecular flexibility index (Phi) is 5.67. The van der Waals surface area contributed by atoms with E-state index in [1.807, 2.05) is 0 Å². The first-order valence-electron chi connectivity index (χ1n) is 7.07. The number of carbonyl (C=O) groups is 4. The van der Waals surface area contributed by atoms with Gasteiger partial charge < -0.3 is 35.7 Å². The fourth-order valence-electron chi connectivity index (χ4n) is 2.97. The van der Waals surface area contributed by atoms with Crippen molar-refractivity contribution >= 4 is 23.9 Å². The van der Waals surface area contributed by atoms with Crippen LogP contribution in [0, 0.1) is 10.8 Å². The monoisotopic (exact) mass is 372 g/mol. The summed E-state index contributed by atoms with van der Waals surface area (Å²) in [7, 11) is 0. The van der Waals surface area contributed by atoms with Crippen LogP contribution in [-0.4, -0.2) is 59.6 Å². The minimum absolute atomic E-state index is 0.0861. The van der Waals surface area contributed by atoms with E-state index >= 15 is 0 Å². The largest absolute Gasteiger partial charge is 0.508 e. The van der Waals surface area contributed by atoms with Crippen molar-refractivity contribution in [2.45, 2.75) is 19.3 Å². The summed E-state index contributed by atoms with van der Waals surface area (Å²) in [6.45, 7) is 0. The van der Waals surface area contributed by atoms with E-state index in [4.69, 9.17) is 35.7 Å². The summed E-state index contributed by atoms with van der Waals surface area (Å²) < 4.78 is 0. The lowest BCUT2D eigenvalue weighted by Crippen LogP contribution is -2.57. The Morgan fingerprint density at radius 1 is 0.615 bits per heavy atom. The average molecular weight is 372 g/mol. The average Bonchev–Trinajstić information content (AvgIpc) is 2.88. The molecule has 1 aliphatic rings. The highest BCUT2D eigenvalue weighted by atomic mass is 16.4. The molecule has 1 aromatic carbocycles. The lowest BCUT2D eigenvalue weighted by Gasteiger charge is -2.32. The number of carboxylic acid groups (broad SMARTS) is 4. The van der Waals surface area contributed by atoms with Gasteiger partial charge in [0.25, 0.3) is 0 Å². The van der Waals surface area contributed by atoms with Crippen LogP contribution in [-0.2, 0) is 19.2 Å². The molecule has 0 heterocycles. The van der Waals surface area contributed by atoms with Crippen LogP contribution >= 0.6 is 0 Å². The zero-order chi connectivity index (χ0) is 20.3. The molecule has 26 heavy (non-hydrogen) atoms. The van der Waals surface area contributed by atoms with Crippen molar-refractivity contribution in [1.82, 2.24) is 0 Å². The second kappa shape index (κ2) is 7.17. The van der Waals surface area contributed by atoms with Crippen molar-refractivity contribution in [3.63, 3.8) is 0 Å². The number of phenols is 3. The third kappa shape index (κ3) is 3.18. The maximum Gasteiger partial charge on any atom is 0.322 e. The predicted octanol–water partition coefficient (Wildman–Crippen LogP) is 0.285. The molecule has 1 aliphatic carbocycles. The molecule has 0 spiro atoms. The van der Waals surface area contributed by atoms with Crippen molar-refractivity contribution in [1.29, 1.82) is 0 Å². The molecule has 0 amide bonds. The van der Waals surface area contributed by atoms with Crippen LogP contribution < -0.4 is 0 Å². The molecule has 0 bridgehead atoms. The van der Waals surface area contributed by atoms with Crippen LogP contribution in [0.25, 0.3) is 0 Å². The van der Waals surface area contributed by atoms with Crippen molar-refractivity contribution < 1.29 is 54.9 Å². The van der Waals surface area contributed by atoms with E-state index in [2.05, 4.69) is 0 Å². The molecule has 0 aliphatic heterocycles. The van der Waals surface area contributed by atoms with Gasteiger partial charge in [-0.1, -0.05) is 0 Å². The molecule has 1 aromatic rings. The molecule has 1 saturated carbocycles. The zero-order valence-electron chi connectivity index (χ0n) is 13.1. The first-order valence-corrected chi connectivity index (χ1v) is 7.07. The number of rotatable bonds is 4. The Bertz CT molecular complexity index is 635. The standard InChI is InChI=1S/C9H10O8.C6H6O3/c10-4(11)8(5(12)13)2-1-3-9(8,6(14)15)7(16)17;7-4-1-5(8)3-6(9)2-4/h1-3H2,(H,10,11)(H,12,13)(H,14,15)(H,16,17);1-3,7-9H. The number of carboxylic acids is 4. The van der Waals surface area contributed by atoms with E-state index in [-0.39, 0.29) is 23.7 Å². The van der Waals surface area contributed by atoms with Gasteiger partial charge in [-0.3, -0.25) is 19.2 Å². The van der Waals surface area contributed by atoms with Gasteiger partial charge in [-0.15, -0.1) is 0 Å². The van der Waals surface area contributed by atoms with Crippen molar-refractivity contribution in [3.8, 4) is 17.2 Å². The quantitative estimate of drug-likeness (QED) is 0.357. The minimum Gasteiger partial charge on any atom is -0.508 e. The van der Waals surface area contributed by atoms with E-state index in [1.54, 1.807) is 0 Å². The second-order valence-corrected chi connectivity index (χ2v) is 5.59. The number of benzene rings is 1. The second-order valence-electron chi connectivity index (χ2n) is 5.59. The number of phenolic OH excluding ortho intramolecular Hbond substituents is 3. The molecule has 0 atom stereocenters. The third-order valence-corrected chi connectivity index (χ3v) is 4.18. The lowest BCUT2D eigenvalue weighted by atomic mass is 9.65. The Morgan fingerprint density at radius 2 is 0.846 bits per heavy atom. The molecule has 0 unspecified atom stereocenters. The van der Waals surface area contributed by atoms with Crippen LogP contribution in [0.15, 0.2) is 18.2 Å². The minimum atomic E-state index is -2.81. The Morgan fingerprint density at radius 3 is 1.04 bits per heavy atom. The highest BCUT2D eigenvalue weighted by Crippen LogP contribution is 2.54. The summed E-state index contributed by atoms with van der Waals surface area (Å²) in [5, 5.41) is 61.9. The molecule has 0 saturated heterocycles. The molecule has 11 heteroatoms. The summed E-state index contributed by atoms with van der Waals surface area (Å²) in [6, 6.07) is 3.42. The number of aromatic hydroxyl groups is 3. The molecular formula is C15H16O11. The van der Waals surface area contributed by atoms with Crippen LogP contribution in [0.2, 0.25) is 0 Å². The van der Waals surface area contributed by atoms with Gasteiger partial charge in [-0.2, -0.15) is 0 Å². The molecule has 11 nitrogen and oxygen atoms in total. The Balaban J connectivity index is 0.000000314. The van der Waals surface area contributed by atoms with Gasteiger partial charge in [0.15, 0.2) is 10.8 Å². The van der Waals surface area contributed by atoms with Crippen LogP contribution in [0.5, 0.6) is 17.2 Å². The van der Waals surface area contributed by atoms with Gasteiger partial charge in [-0.25, -0.2) is 0 Å². The Hall–Kier alpha value is -3.50. The van der Waals surface area contributed by atoms with Gasteiger partial charge in [0.2, 0.25) is 0 Å². The van der Waals surface area contributed by atoms with Crippen LogP contribution in [0.3, 0.4) is 0 Å². The maximum atomic E-state index is 11.1. The van der Waals surface area contributed by atoms with E-state index in [1.165, 1.54) is 0 Å². The van der Waals surface area contributed by atoms with E-state index < -0.39 is 47.5 Å². The van der Waals surface area contributed by atoms with Gasteiger partial charge >= 0.3 is 23.9 Å². The highest BCUT2D eigenvalue weighted by molar-refractivity contribution is 6.13. The van der Waals surface area contributed by atoms with E-state index in [0.717, 1.165) is 18.2 Å². The smallest absolute Gasteiger partial charge is 0.322 e. The topological polar surface area (TPSA) is 210 Å². The summed E-state index contributed by atoms with van der Waals surface area (Å²) in [5.74, 6) is -8.19. The van der Waals surface area contributed by atoms with Gasteiger partial charge in [0.1, 0.15) is 17.2 Å². The van der Waals surface area contributed by atoms with Crippen molar-refractivity contribution in [3.05, 3.63) is 18.2 Å². The van der Waals surface area contributed by atoms with Gasteiger partial charge in [0.05, 0.1) is 0 Å². The van der Waals surface area contributed by atoms with Crippen molar-refractivity contribution in [2.75, 3.05) is 0 Å². The predicted molar refractivity (Wildman–Crippen MR) is 80.7 cm³/mol. The van der Waals surface area contributed by atoms with Gasteiger partial charge in [0, 0.05) is 18.2 Å². The maximum absolute atomic E-state index is 11.1. The summed E-state index contributed by atoms with van der Waals surface area (Å²) in [4.78, 5) is 44.3. The van der Waals surface area contributed by atoms with Gasteiger partial charge in [-0.05, 0) is 19.3 Å². The number of aliphatic carboxylic acids is 4. The Labute approximate surface area is 145 Å². The van der Waals surface area contributed by atoms with E-state index in [9.17, 15) is 19.2 Å². The third-order valence-electron chi connectivity index (χ3n) is 4.18. The number of hydrogen-bond donors (Lipinski definition) is 7.